The molecule has 0 bridgehead atoms. The number of nitrogens with zero attached hydrogens (tertiary/aromatic N) is 1. The Morgan fingerprint density at radius 3 is 2.95 bits per heavy atom. The predicted molar refractivity (Wildman–Crippen MR) is 64.5 cm³/mol. The highest BCUT2D eigenvalue weighted by Gasteiger charge is 2.25. The van der Waals surface area contributed by atoms with E-state index in [9.17, 15) is 14.9 Å². The van der Waals surface area contributed by atoms with Crippen molar-refractivity contribution in [3.05, 3.63) is 33.9 Å². The zero-order valence-electron chi connectivity index (χ0n) is 10.1. The van der Waals surface area contributed by atoms with Crippen LogP contribution in [0.2, 0.25) is 0 Å². The van der Waals surface area contributed by atoms with Crippen molar-refractivity contribution >= 4 is 11.7 Å². The van der Waals surface area contributed by atoms with E-state index in [0.717, 1.165) is 12.8 Å². The quantitative estimate of drug-likeness (QED) is 0.645. The lowest BCUT2D eigenvalue weighted by Crippen LogP contribution is -2.18. The van der Waals surface area contributed by atoms with Gasteiger partial charge in [-0.1, -0.05) is 6.07 Å². The number of hydrogen-bond donors (Lipinski definition) is 1. The molecule has 0 amide bonds. The van der Waals surface area contributed by atoms with Gasteiger partial charge in [-0.15, -0.1) is 0 Å². The Morgan fingerprint density at radius 1 is 1.58 bits per heavy atom. The Bertz CT molecular complexity index is 463. The van der Waals surface area contributed by atoms with Crippen molar-refractivity contribution < 1.29 is 24.3 Å². The Morgan fingerprint density at radius 2 is 2.37 bits per heavy atom. The van der Waals surface area contributed by atoms with Crippen LogP contribution in [0.3, 0.4) is 0 Å². The van der Waals surface area contributed by atoms with E-state index in [1.165, 1.54) is 18.2 Å². The molecule has 1 N–H and O–H groups in total. The molecule has 0 saturated carbocycles. The second-order valence-electron chi connectivity index (χ2n) is 4.16. The minimum absolute atomic E-state index is 0.116. The minimum atomic E-state index is -1.26. The largest absolute Gasteiger partial charge is 0.483 e. The van der Waals surface area contributed by atoms with Gasteiger partial charge in [0, 0.05) is 12.7 Å². The molecule has 1 saturated heterocycles. The molecular weight excluding hydrogens is 254 g/mol. The average molecular weight is 267 g/mol. The molecule has 2 rings (SSSR count). The van der Waals surface area contributed by atoms with Crippen molar-refractivity contribution in [3.8, 4) is 5.75 Å². The molecule has 7 nitrogen and oxygen atoms in total. The summed E-state index contributed by atoms with van der Waals surface area (Å²) in [5.74, 6) is -1.47. The first-order valence-electron chi connectivity index (χ1n) is 5.84. The molecule has 19 heavy (non-hydrogen) atoms. The van der Waals surface area contributed by atoms with E-state index >= 15 is 0 Å². The van der Waals surface area contributed by atoms with Crippen LogP contribution in [0.4, 0.5) is 5.69 Å². The van der Waals surface area contributed by atoms with Gasteiger partial charge in [0.05, 0.1) is 11.0 Å². The molecule has 1 unspecified atom stereocenters. The number of nitro groups is 1. The summed E-state index contributed by atoms with van der Waals surface area (Å²) in [5.41, 5.74) is -0.565. The molecule has 0 radical (unpaired) electrons. The number of hydrogen-bond acceptors (Lipinski definition) is 5. The molecule has 1 atom stereocenters. The van der Waals surface area contributed by atoms with E-state index < -0.39 is 10.9 Å². The summed E-state index contributed by atoms with van der Waals surface area (Å²) >= 11 is 0. The zero-order chi connectivity index (χ0) is 13.8. The van der Waals surface area contributed by atoms with E-state index in [0.29, 0.717) is 6.61 Å². The Kier molecular flexibility index (Phi) is 3.96. The molecule has 102 valence electrons. The maximum Gasteiger partial charge on any atom is 0.339 e. The molecule has 0 spiro atoms. The minimum Gasteiger partial charge on any atom is -0.483 e. The van der Waals surface area contributed by atoms with Gasteiger partial charge in [-0.2, -0.15) is 0 Å². The first kappa shape index (κ1) is 13.3. The predicted octanol–water partition coefficient (Wildman–Crippen LogP) is 1.85. The van der Waals surface area contributed by atoms with E-state index in [4.69, 9.17) is 14.6 Å². The summed E-state index contributed by atoms with van der Waals surface area (Å²) < 4.78 is 10.7. The maximum atomic E-state index is 11.1. The molecule has 0 aromatic heterocycles. The van der Waals surface area contributed by atoms with E-state index in [1.807, 2.05) is 0 Å². The number of aromatic carboxylic acids is 1. The average Bonchev–Trinajstić information content (AvgIpc) is 2.88. The lowest BCUT2D eigenvalue weighted by molar-refractivity contribution is -0.386. The number of ether oxygens (including phenoxy) is 2. The first-order valence-corrected chi connectivity index (χ1v) is 5.84. The van der Waals surface area contributed by atoms with Gasteiger partial charge in [-0.05, 0) is 18.9 Å². The molecular formula is C12H13NO6. The SMILES string of the molecule is O=C(O)c1cccc([N+](=O)[O-])c1OCC1CCCO1. The van der Waals surface area contributed by atoms with Gasteiger partial charge in [0.25, 0.3) is 0 Å². The van der Waals surface area contributed by atoms with Gasteiger partial charge in [-0.25, -0.2) is 4.79 Å². The highest BCUT2D eigenvalue weighted by atomic mass is 16.6. The number of nitro benzene ring substituents is 1. The fourth-order valence-electron chi connectivity index (χ4n) is 1.94. The molecule has 1 heterocycles. The number of carboxylic acids is 1. The van der Waals surface area contributed by atoms with Crippen LogP contribution in [-0.4, -0.2) is 35.3 Å². The zero-order valence-corrected chi connectivity index (χ0v) is 10.1. The second kappa shape index (κ2) is 5.66. The smallest absolute Gasteiger partial charge is 0.339 e. The molecule has 1 fully saturated rings. The number of carboxylic acid groups (broad SMARTS) is 1. The summed E-state index contributed by atoms with van der Waals surface area (Å²) in [6.07, 6.45) is 1.58. The van der Waals surface area contributed by atoms with Crippen LogP contribution >= 0.6 is 0 Å². The maximum absolute atomic E-state index is 11.1. The van der Waals surface area contributed by atoms with Crippen molar-refractivity contribution in [1.82, 2.24) is 0 Å². The lowest BCUT2D eigenvalue weighted by Gasteiger charge is -2.13. The Labute approximate surface area is 108 Å². The van der Waals surface area contributed by atoms with Crippen molar-refractivity contribution in [2.45, 2.75) is 18.9 Å². The van der Waals surface area contributed by atoms with Gasteiger partial charge in [-0.3, -0.25) is 10.1 Å². The fraction of sp³-hybridized carbons (Fsp3) is 0.417. The van der Waals surface area contributed by atoms with E-state index in [-0.39, 0.29) is 29.7 Å². The highest BCUT2D eigenvalue weighted by Crippen LogP contribution is 2.31. The third-order valence-electron chi connectivity index (χ3n) is 2.86. The van der Waals surface area contributed by atoms with Crippen molar-refractivity contribution in [1.29, 1.82) is 0 Å². The molecule has 1 aliphatic rings. The monoisotopic (exact) mass is 267 g/mol. The van der Waals surface area contributed by atoms with Crippen LogP contribution in [-0.2, 0) is 4.74 Å². The van der Waals surface area contributed by atoms with Crippen molar-refractivity contribution in [2.75, 3.05) is 13.2 Å². The van der Waals surface area contributed by atoms with Gasteiger partial charge in [0.2, 0.25) is 5.75 Å². The van der Waals surface area contributed by atoms with Crippen LogP contribution < -0.4 is 4.74 Å². The molecule has 1 aliphatic heterocycles. The summed E-state index contributed by atoms with van der Waals surface area (Å²) in [6, 6.07) is 3.82. The van der Waals surface area contributed by atoms with Crippen LogP contribution in [0.15, 0.2) is 18.2 Å². The van der Waals surface area contributed by atoms with Gasteiger partial charge in [0.15, 0.2) is 0 Å². The Hall–Kier alpha value is -2.15. The van der Waals surface area contributed by atoms with Crippen LogP contribution in [0.5, 0.6) is 5.75 Å². The van der Waals surface area contributed by atoms with Crippen LogP contribution in [0.1, 0.15) is 23.2 Å². The van der Waals surface area contributed by atoms with Gasteiger partial charge < -0.3 is 14.6 Å². The van der Waals surface area contributed by atoms with Crippen LogP contribution in [0.25, 0.3) is 0 Å². The number of para-hydroxylation sites is 1. The molecule has 1 aromatic carbocycles. The summed E-state index contributed by atoms with van der Waals surface area (Å²) in [6.45, 7) is 0.752. The topological polar surface area (TPSA) is 98.9 Å². The fourth-order valence-corrected chi connectivity index (χ4v) is 1.94. The third-order valence-corrected chi connectivity index (χ3v) is 2.86. The van der Waals surface area contributed by atoms with Crippen LogP contribution in [0, 0.1) is 10.1 Å². The second-order valence-corrected chi connectivity index (χ2v) is 4.16. The van der Waals surface area contributed by atoms with Crippen molar-refractivity contribution in [3.63, 3.8) is 0 Å². The third kappa shape index (κ3) is 3.00. The standard InChI is InChI=1S/C12H13NO6/c14-12(15)9-4-1-5-10(13(16)17)11(9)19-7-8-3-2-6-18-8/h1,4-5,8H,2-3,6-7H2,(H,14,15). The molecule has 7 heteroatoms. The highest BCUT2D eigenvalue weighted by molar-refractivity contribution is 5.92. The number of carbonyl (C=O) groups is 1. The summed E-state index contributed by atoms with van der Waals surface area (Å²) in [7, 11) is 0. The van der Waals surface area contributed by atoms with Gasteiger partial charge in [0.1, 0.15) is 12.2 Å². The summed E-state index contributed by atoms with van der Waals surface area (Å²) in [5, 5.41) is 19.9. The van der Waals surface area contributed by atoms with Gasteiger partial charge >= 0.3 is 11.7 Å². The number of benzene rings is 1. The number of rotatable bonds is 5. The molecule has 0 aliphatic carbocycles. The van der Waals surface area contributed by atoms with E-state index in [1.54, 1.807) is 0 Å². The first-order chi connectivity index (χ1) is 9.09. The van der Waals surface area contributed by atoms with Crippen molar-refractivity contribution in [2.24, 2.45) is 0 Å². The Balaban J connectivity index is 2.23. The lowest BCUT2D eigenvalue weighted by atomic mass is 10.1. The molecule has 1 aromatic rings. The normalized spacial score (nSPS) is 18.2. The summed E-state index contributed by atoms with van der Waals surface area (Å²) in [4.78, 5) is 21.3. The van der Waals surface area contributed by atoms with E-state index in [2.05, 4.69) is 0 Å².